The van der Waals surface area contributed by atoms with Crippen molar-refractivity contribution < 1.29 is 37.0 Å². The molecular formula is C11H11F3O5. The van der Waals surface area contributed by atoms with Crippen LogP contribution in [0.15, 0.2) is 10.5 Å². The Labute approximate surface area is 106 Å². The van der Waals surface area contributed by atoms with E-state index in [0.29, 0.717) is 6.07 Å². The molecule has 1 aromatic rings. The molecule has 0 amide bonds. The van der Waals surface area contributed by atoms with Crippen LogP contribution in [0.5, 0.6) is 0 Å². The van der Waals surface area contributed by atoms with Crippen LogP contribution in [0.4, 0.5) is 13.2 Å². The molecule has 0 bridgehead atoms. The van der Waals surface area contributed by atoms with Crippen LogP contribution in [0, 0.1) is 0 Å². The van der Waals surface area contributed by atoms with Gasteiger partial charge in [-0.1, -0.05) is 0 Å². The van der Waals surface area contributed by atoms with E-state index in [1.54, 1.807) is 0 Å². The summed E-state index contributed by atoms with van der Waals surface area (Å²) in [6.07, 6.45) is -4.99. The molecular weight excluding hydrogens is 269 g/mol. The molecule has 0 aliphatic heterocycles. The number of carbonyl (C=O) groups excluding carboxylic acids is 1. The fourth-order valence-electron chi connectivity index (χ4n) is 1.19. The smallest absolute Gasteiger partial charge is 0.450 e. The summed E-state index contributed by atoms with van der Waals surface area (Å²) in [6, 6.07) is 0.499. The normalized spacial score (nSPS) is 12.3. The molecule has 106 valence electrons. The minimum atomic E-state index is -4.99. The summed E-state index contributed by atoms with van der Waals surface area (Å²) in [5, 5.41) is 8.59. The van der Waals surface area contributed by atoms with Crippen LogP contribution >= 0.6 is 0 Å². The van der Waals surface area contributed by atoms with Crippen molar-refractivity contribution >= 4 is 11.9 Å². The minimum Gasteiger partial charge on any atom is -0.475 e. The van der Waals surface area contributed by atoms with Gasteiger partial charge in [-0.3, -0.25) is 0 Å². The highest BCUT2D eigenvalue weighted by molar-refractivity contribution is 5.94. The number of alkyl halides is 3. The Bertz CT molecular complexity index is 507. The molecule has 1 N–H and O–H groups in total. The predicted molar refractivity (Wildman–Crippen MR) is 55.8 cm³/mol. The van der Waals surface area contributed by atoms with E-state index >= 15 is 0 Å². The summed E-state index contributed by atoms with van der Waals surface area (Å²) in [4.78, 5) is 22.2. The number of carboxylic acids is 1. The van der Waals surface area contributed by atoms with E-state index in [9.17, 15) is 22.8 Å². The van der Waals surface area contributed by atoms with Crippen LogP contribution in [0.2, 0.25) is 0 Å². The first kappa shape index (κ1) is 15.1. The lowest BCUT2D eigenvalue weighted by Crippen LogP contribution is -2.25. The molecule has 0 aliphatic rings. The van der Waals surface area contributed by atoms with Crippen LogP contribution in [0.25, 0.3) is 0 Å². The number of carbonyl (C=O) groups is 2. The molecule has 8 heteroatoms. The second kappa shape index (κ2) is 4.60. The molecule has 5 nitrogen and oxygen atoms in total. The maximum absolute atomic E-state index is 12.6. The first-order chi connectivity index (χ1) is 8.42. The average molecular weight is 280 g/mol. The maximum Gasteiger partial charge on any atom is 0.450 e. The molecule has 0 aromatic carbocycles. The zero-order chi connectivity index (χ0) is 15.0. The van der Waals surface area contributed by atoms with E-state index < -0.39 is 40.8 Å². The van der Waals surface area contributed by atoms with Crippen LogP contribution in [-0.4, -0.2) is 22.6 Å². The van der Waals surface area contributed by atoms with E-state index in [2.05, 4.69) is 4.42 Å². The summed E-state index contributed by atoms with van der Waals surface area (Å²) < 4.78 is 46.8. The topological polar surface area (TPSA) is 76.7 Å². The summed E-state index contributed by atoms with van der Waals surface area (Å²) in [7, 11) is 0. The van der Waals surface area contributed by atoms with Crippen molar-refractivity contribution in [2.75, 3.05) is 0 Å². The Morgan fingerprint density at radius 3 is 2.16 bits per heavy atom. The lowest BCUT2D eigenvalue weighted by atomic mass is 10.1. The van der Waals surface area contributed by atoms with Gasteiger partial charge in [-0.2, -0.15) is 13.2 Å². The lowest BCUT2D eigenvalue weighted by molar-refractivity contribution is -0.153. The van der Waals surface area contributed by atoms with Gasteiger partial charge in [0.15, 0.2) is 0 Å². The zero-order valence-corrected chi connectivity index (χ0v) is 10.3. The summed E-state index contributed by atoms with van der Waals surface area (Å²) in [5.41, 5.74) is -1.97. The van der Waals surface area contributed by atoms with E-state index in [4.69, 9.17) is 9.84 Å². The summed E-state index contributed by atoms with van der Waals surface area (Å²) >= 11 is 0. The van der Waals surface area contributed by atoms with Crippen LogP contribution < -0.4 is 0 Å². The molecule has 0 radical (unpaired) electrons. The molecule has 0 spiro atoms. The Balaban J connectivity index is 3.26. The first-order valence-corrected chi connectivity index (χ1v) is 5.09. The van der Waals surface area contributed by atoms with E-state index in [1.165, 1.54) is 20.8 Å². The van der Waals surface area contributed by atoms with Gasteiger partial charge in [0.2, 0.25) is 11.5 Å². The molecule has 0 aliphatic carbocycles. The highest BCUT2D eigenvalue weighted by Gasteiger charge is 2.42. The molecule has 1 heterocycles. The first-order valence-electron chi connectivity index (χ1n) is 5.09. The number of hydrogen-bond donors (Lipinski definition) is 1. The molecule has 1 rings (SSSR count). The van der Waals surface area contributed by atoms with Crippen molar-refractivity contribution in [1.29, 1.82) is 0 Å². The van der Waals surface area contributed by atoms with Gasteiger partial charge in [0.25, 0.3) is 0 Å². The van der Waals surface area contributed by atoms with Crippen molar-refractivity contribution in [3.05, 3.63) is 23.2 Å². The van der Waals surface area contributed by atoms with E-state index in [1.807, 2.05) is 0 Å². The van der Waals surface area contributed by atoms with Gasteiger partial charge in [0, 0.05) is 6.07 Å². The SMILES string of the molecule is CC(C)(C)OC(=O)c1cc(C(=O)O)oc1C(F)(F)F. The number of rotatable bonds is 2. The van der Waals surface area contributed by atoms with Crippen LogP contribution in [-0.2, 0) is 10.9 Å². The predicted octanol–water partition coefficient (Wildman–Crippen LogP) is 2.95. The van der Waals surface area contributed by atoms with Crippen LogP contribution in [0.1, 0.15) is 47.4 Å². The zero-order valence-electron chi connectivity index (χ0n) is 10.3. The quantitative estimate of drug-likeness (QED) is 0.843. The van der Waals surface area contributed by atoms with Gasteiger partial charge in [-0.05, 0) is 20.8 Å². The van der Waals surface area contributed by atoms with E-state index in [-0.39, 0.29) is 0 Å². The molecule has 0 unspecified atom stereocenters. The van der Waals surface area contributed by atoms with Crippen LogP contribution in [0.3, 0.4) is 0 Å². The van der Waals surface area contributed by atoms with Crippen molar-refractivity contribution in [1.82, 2.24) is 0 Å². The second-order valence-electron chi connectivity index (χ2n) is 4.66. The maximum atomic E-state index is 12.6. The number of carboxylic acid groups (broad SMARTS) is 1. The summed E-state index contributed by atoms with van der Waals surface area (Å²) in [5.74, 6) is -5.66. The average Bonchev–Trinajstić information content (AvgIpc) is 2.57. The van der Waals surface area contributed by atoms with Crippen molar-refractivity contribution in [2.24, 2.45) is 0 Å². The second-order valence-corrected chi connectivity index (χ2v) is 4.66. The minimum absolute atomic E-state index is 0.499. The number of esters is 1. The Morgan fingerprint density at radius 2 is 1.79 bits per heavy atom. The molecule has 1 aromatic heterocycles. The van der Waals surface area contributed by atoms with Crippen molar-refractivity contribution in [3.8, 4) is 0 Å². The Morgan fingerprint density at radius 1 is 1.26 bits per heavy atom. The number of hydrogen-bond acceptors (Lipinski definition) is 4. The number of ether oxygens (including phenoxy) is 1. The van der Waals surface area contributed by atoms with Gasteiger partial charge in [0.1, 0.15) is 11.2 Å². The van der Waals surface area contributed by atoms with Crippen molar-refractivity contribution in [3.63, 3.8) is 0 Å². The summed E-state index contributed by atoms with van der Waals surface area (Å²) in [6.45, 7) is 4.41. The third-order valence-corrected chi connectivity index (χ3v) is 1.82. The van der Waals surface area contributed by atoms with Gasteiger partial charge in [-0.15, -0.1) is 0 Å². The Kier molecular flexibility index (Phi) is 3.65. The third kappa shape index (κ3) is 3.73. The molecule has 0 saturated carbocycles. The highest BCUT2D eigenvalue weighted by Crippen LogP contribution is 2.35. The monoisotopic (exact) mass is 280 g/mol. The van der Waals surface area contributed by atoms with Gasteiger partial charge in [-0.25, -0.2) is 9.59 Å². The number of aromatic carboxylic acids is 1. The van der Waals surface area contributed by atoms with E-state index in [0.717, 1.165) is 0 Å². The molecule has 0 fully saturated rings. The lowest BCUT2D eigenvalue weighted by Gasteiger charge is -2.19. The number of furan rings is 1. The molecule has 19 heavy (non-hydrogen) atoms. The van der Waals surface area contributed by atoms with Gasteiger partial charge in [0.05, 0.1) is 0 Å². The van der Waals surface area contributed by atoms with Crippen molar-refractivity contribution in [2.45, 2.75) is 32.5 Å². The standard InChI is InChI=1S/C11H11F3O5/c1-10(2,3)19-9(17)5-4-6(8(15)16)18-7(5)11(12,13)14/h4H,1-3H3,(H,15,16). The largest absolute Gasteiger partial charge is 0.475 e. The fraction of sp³-hybridized carbons (Fsp3) is 0.455. The Hall–Kier alpha value is -1.99. The highest BCUT2D eigenvalue weighted by atomic mass is 19.4. The third-order valence-electron chi connectivity index (χ3n) is 1.82. The fourth-order valence-corrected chi connectivity index (χ4v) is 1.19. The number of halogens is 3. The van der Waals surface area contributed by atoms with Gasteiger partial charge >= 0.3 is 18.1 Å². The molecule has 0 saturated heterocycles. The molecule has 0 atom stereocenters. The van der Waals surface area contributed by atoms with Gasteiger partial charge < -0.3 is 14.3 Å².